The van der Waals surface area contributed by atoms with E-state index in [9.17, 15) is 9.59 Å². The second-order valence-electron chi connectivity index (χ2n) is 8.67. The van der Waals surface area contributed by atoms with Gasteiger partial charge in [-0.1, -0.05) is 0 Å². The third-order valence-corrected chi connectivity index (χ3v) is 11.2. The zero-order valence-electron chi connectivity index (χ0n) is 17.7. The van der Waals surface area contributed by atoms with Gasteiger partial charge in [0, 0.05) is 0 Å². The Bertz CT molecular complexity index is 773. The van der Waals surface area contributed by atoms with Crippen LogP contribution in [0.3, 0.4) is 0 Å². The van der Waals surface area contributed by atoms with Gasteiger partial charge in [-0.15, -0.1) is 0 Å². The summed E-state index contributed by atoms with van der Waals surface area (Å²) in [6, 6.07) is 0. The fraction of sp³-hybridized carbons (Fsp3) is 0.565. The Labute approximate surface area is 173 Å². The molecule has 28 heavy (non-hydrogen) atoms. The summed E-state index contributed by atoms with van der Waals surface area (Å²) in [5, 5.41) is 1.91. The topological polar surface area (TPSA) is 52.6 Å². The summed E-state index contributed by atoms with van der Waals surface area (Å²) in [5.41, 5.74) is 6.68. The summed E-state index contributed by atoms with van der Waals surface area (Å²) >= 11 is -3.84. The van der Waals surface area contributed by atoms with Gasteiger partial charge in [0.05, 0.1) is 0 Å². The van der Waals surface area contributed by atoms with Crippen molar-refractivity contribution in [3.05, 3.63) is 46.6 Å². The van der Waals surface area contributed by atoms with Crippen molar-refractivity contribution in [3.63, 3.8) is 0 Å². The third-order valence-electron chi connectivity index (χ3n) is 6.43. The van der Waals surface area contributed by atoms with Crippen LogP contribution in [-0.2, 0) is 33.6 Å². The first-order valence-electron chi connectivity index (χ1n) is 10.4. The Hall–Kier alpha value is -1.39. The standard InChI is InChI=1S/C14H19.2C4H6O2.CH3.Ti/c1-10-11-6-2-4-8-13(11)14-9-5-3-7-12(10)14;2*1-3(2)4(5)6;;/h6,10H,2-5,7-9H2,1H3;2*1H2,2H3,(H,5,6);1H3;/q;;;;+2/p-2. The first kappa shape index (κ1) is 21.3. The molecule has 0 aliphatic heterocycles. The van der Waals surface area contributed by atoms with Gasteiger partial charge in [0.2, 0.25) is 0 Å². The predicted molar refractivity (Wildman–Crippen MR) is 107 cm³/mol. The van der Waals surface area contributed by atoms with Gasteiger partial charge in [0.15, 0.2) is 0 Å². The molecule has 0 spiro atoms. The van der Waals surface area contributed by atoms with E-state index < -0.39 is 29.3 Å². The van der Waals surface area contributed by atoms with E-state index in [-0.39, 0.29) is 4.22 Å². The van der Waals surface area contributed by atoms with Crippen molar-refractivity contribution in [2.24, 2.45) is 5.92 Å². The van der Waals surface area contributed by atoms with E-state index in [4.69, 9.17) is 6.64 Å². The van der Waals surface area contributed by atoms with Crippen LogP contribution in [0.2, 0.25) is 9.45 Å². The predicted octanol–water partition coefficient (Wildman–Crippen LogP) is 6.05. The van der Waals surface area contributed by atoms with Gasteiger partial charge in [-0.25, -0.2) is 0 Å². The summed E-state index contributed by atoms with van der Waals surface area (Å²) < 4.78 is 12.0. The van der Waals surface area contributed by atoms with E-state index in [2.05, 4.69) is 20.1 Å². The van der Waals surface area contributed by atoms with Crippen molar-refractivity contribution < 1.29 is 33.6 Å². The van der Waals surface area contributed by atoms with Crippen molar-refractivity contribution in [2.45, 2.75) is 75.2 Å². The van der Waals surface area contributed by atoms with E-state index in [0.29, 0.717) is 17.1 Å². The second kappa shape index (κ2) is 8.16. The molecule has 3 rings (SSSR count). The first-order valence-corrected chi connectivity index (χ1v) is 14.1. The average molecular weight is 420 g/mol. The molecule has 0 aromatic heterocycles. The minimum absolute atomic E-state index is 0.0379. The van der Waals surface area contributed by atoms with Crippen LogP contribution in [0.15, 0.2) is 46.6 Å². The average Bonchev–Trinajstić information content (AvgIpc) is 2.94. The van der Waals surface area contributed by atoms with Crippen LogP contribution in [0.4, 0.5) is 0 Å². The maximum atomic E-state index is 12.5. The van der Waals surface area contributed by atoms with Crippen LogP contribution in [0, 0.1) is 5.92 Å². The molecule has 0 fully saturated rings. The van der Waals surface area contributed by atoms with Crippen molar-refractivity contribution in [1.29, 1.82) is 0 Å². The number of carbonyl (C=O) groups is 2. The van der Waals surface area contributed by atoms with Crippen molar-refractivity contribution in [3.8, 4) is 0 Å². The molecule has 3 aliphatic carbocycles. The maximum absolute atomic E-state index is 12.5. The molecule has 0 aromatic carbocycles. The van der Waals surface area contributed by atoms with E-state index in [1.807, 2.05) is 5.23 Å². The molecule has 2 unspecified atom stereocenters. The Morgan fingerprint density at radius 1 is 0.929 bits per heavy atom. The van der Waals surface area contributed by atoms with Crippen molar-refractivity contribution >= 4 is 11.9 Å². The van der Waals surface area contributed by atoms with Crippen LogP contribution in [-0.4, -0.2) is 11.9 Å². The summed E-state index contributed by atoms with van der Waals surface area (Å²) in [6.45, 7) is 13.0. The zero-order chi connectivity index (χ0) is 20.6. The minimum atomic E-state index is -3.84. The quantitative estimate of drug-likeness (QED) is 0.402. The SMILES string of the molecule is C=C(C)C(=O)[O][Ti]([CH3])([O]C(=O)C(=C)C)[CH]1CCCC2=C1C(C)C1=C2CCCC1. The molecule has 0 saturated carbocycles. The number of rotatable bonds is 5. The fourth-order valence-corrected chi connectivity index (χ4v) is 9.96. The van der Waals surface area contributed by atoms with Crippen LogP contribution >= 0.6 is 0 Å². The molecule has 4 nitrogen and oxygen atoms in total. The Kier molecular flexibility index (Phi) is 6.21. The van der Waals surface area contributed by atoms with Crippen LogP contribution in [0.1, 0.15) is 65.7 Å². The van der Waals surface area contributed by atoms with Crippen LogP contribution in [0.5, 0.6) is 0 Å². The van der Waals surface area contributed by atoms with Crippen molar-refractivity contribution in [2.75, 3.05) is 0 Å². The van der Waals surface area contributed by atoms with Gasteiger partial charge in [0.25, 0.3) is 0 Å². The number of fused-ring (bicyclic) bond motifs is 1. The molecule has 0 N–H and O–H groups in total. The summed E-state index contributed by atoms with van der Waals surface area (Å²) in [4.78, 5) is 24.9. The molecular formula is C23H32O4Ti. The summed E-state index contributed by atoms with van der Waals surface area (Å²) in [6.07, 6.45) is 7.87. The normalized spacial score (nSPS) is 24.4. The molecule has 3 aliphatic rings. The first-order chi connectivity index (χ1) is 13.2. The van der Waals surface area contributed by atoms with Gasteiger partial charge in [-0.05, 0) is 0 Å². The Balaban J connectivity index is 2.01. The number of hydrogen-bond acceptors (Lipinski definition) is 4. The van der Waals surface area contributed by atoms with E-state index in [1.54, 1.807) is 25.0 Å². The fourth-order valence-electron chi connectivity index (χ4n) is 5.07. The molecule has 0 bridgehead atoms. The van der Waals surface area contributed by atoms with Gasteiger partial charge in [0.1, 0.15) is 0 Å². The number of carbonyl (C=O) groups excluding carboxylic acids is 2. The molecule has 0 aromatic rings. The van der Waals surface area contributed by atoms with E-state index in [1.165, 1.54) is 24.0 Å². The number of allylic oxidation sites excluding steroid dienone is 4. The van der Waals surface area contributed by atoms with Crippen LogP contribution in [0.25, 0.3) is 0 Å². The molecular weight excluding hydrogens is 388 g/mol. The summed E-state index contributed by atoms with van der Waals surface area (Å²) in [7, 11) is 0. The molecule has 0 saturated heterocycles. The van der Waals surface area contributed by atoms with Gasteiger partial charge in [-0.2, -0.15) is 0 Å². The molecule has 5 heteroatoms. The van der Waals surface area contributed by atoms with E-state index in [0.717, 1.165) is 32.1 Å². The monoisotopic (exact) mass is 420 g/mol. The summed E-state index contributed by atoms with van der Waals surface area (Å²) in [5.74, 6) is -0.533. The Morgan fingerprint density at radius 3 is 2.04 bits per heavy atom. The molecule has 0 heterocycles. The van der Waals surface area contributed by atoms with Crippen LogP contribution < -0.4 is 0 Å². The molecule has 0 radical (unpaired) electrons. The van der Waals surface area contributed by atoms with Gasteiger partial charge < -0.3 is 0 Å². The molecule has 0 amide bonds. The number of hydrogen-bond donors (Lipinski definition) is 0. The Morgan fingerprint density at radius 2 is 1.46 bits per heavy atom. The van der Waals surface area contributed by atoms with Gasteiger partial charge in [-0.3, -0.25) is 0 Å². The second-order valence-corrected chi connectivity index (χ2v) is 13.6. The zero-order valence-corrected chi connectivity index (χ0v) is 19.2. The molecule has 152 valence electrons. The van der Waals surface area contributed by atoms with Crippen molar-refractivity contribution in [1.82, 2.24) is 0 Å². The van der Waals surface area contributed by atoms with E-state index >= 15 is 0 Å². The molecule has 2 atom stereocenters. The third kappa shape index (κ3) is 3.86. The van der Waals surface area contributed by atoms with Gasteiger partial charge >= 0.3 is 173 Å².